The fourth-order valence-electron chi connectivity index (χ4n) is 9.13. The van der Waals surface area contributed by atoms with Crippen molar-refractivity contribution in [3.63, 3.8) is 0 Å². The van der Waals surface area contributed by atoms with Gasteiger partial charge in [-0.3, -0.25) is 4.98 Å². The van der Waals surface area contributed by atoms with E-state index in [2.05, 4.69) is 153 Å². The van der Waals surface area contributed by atoms with E-state index in [-0.39, 0.29) is 20.1 Å². The third-order valence-corrected chi connectivity index (χ3v) is 14.2. The van der Waals surface area contributed by atoms with Gasteiger partial charge in [-0.15, -0.1) is 53.1 Å². The summed E-state index contributed by atoms with van der Waals surface area (Å²) >= 11 is 0. The van der Waals surface area contributed by atoms with Gasteiger partial charge in [-0.2, -0.15) is 0 Å². The number of aromatic nitrogens is 4. The van der Waals surface area contributed by atoms with Crippen LogP contribution in [0.15, 0.2) is 150 Å². The molecule has 0 fully saturated rings. The molecule has 0 unspecified atom stereocenters. The molecule has 0 saturated carbocycles. The minimum atomic E-state index is -1.36. The summed E-state index contributed by atoms with van der Waals surface area (Å²) in [5.41, 5.74) is 13.9. The number of hydrogen-bond acceptors (Lipinski definition) is 4. The Morgan fingerprint density at radius 1 is 0.714 bits per heavy atom. The van der Waals surface area contributed by atoms with Gasteiger partial charge in [-0.05, 0) is 65.4 Å². The Hall–Kier alpha value is -5.98. The Kier molecular flexibility index (Phi) is 11.9. The SMILES string of the molecule is CC(C)Cc1cc(-c2[c-]cc3c(c2)CCCC3)ncc1[Si](C)(C)C.[Ir].[c-]1ccc2c(oc3nc(-c4ccccc4)ccc32)c1-c1nc2ccc3ccccc3c2n1-c1ccccc1. The van der Waals surface area contributed by atoms with E-state index >= 15 is 0 Å². The second kappa shape index (κ2) is 17.6. The van der Waals surface area contributed by atoms with Gasteiger partial charge in [0.05, 0.1) is 36.2 Å². The summed E-state index contributed by atoms with van der Waals surface area (Å²) in [6.07, 6.45) is 8.36. The number of pyridine rings is 2. The molecule has 11 rings (SSSR count). The zero-order valence-electron chi connectivity index (χ0n) is 36.5. The summed E-state index contributed by atoms with van der Waals surface area (Å²) < 4.78 is 8.70. The quantitative estimate of drug-likeness (QED) is 0.118. The van der Waals surface area contributed by atoms with Crippen molar-refractivity contribution in [3.8, 4) is 39.6 Å². The predicted octanol–water partition coefficient (Wildman–Crippen LogP) is 13.8. The number of aryl methyl sites for hydroxylation is 2. The van der Waals surface area contributed by atoms with E-state index in [1.165, 1.54) is 58.5 Å². The molecule has 0 atom stereocenters. The van der Waals surface area contributed by atoms with Crippen LogP contribution in [0.25, 0.3) is 83.5 Å². The summed E-state index contributed by atoms with van der Waals surface area (Å²) in [5, 5.41) is 5.81. The average Bonchev–Trinajstić information content (AvgIpc) is 3.88. The van der Waals surface area contributed by atoms with E-state index in [1.54, 1.807) is 0 Å². The van der Waals surface area contributed by atoms with E-state index in [0.29, 0.717) is 11.6 Å². The molecule has 0 amide bonds. The smallest absolute Gasteiger partial charge is 0.216 e. The molecule has 0 bridgehead atoms. The van der Waals surface area contributed by atoms with Crippen LogP contribution in [0.1, 0.15) is 43.4 Å². The first kappa shape index (κ1) is 42.3. The summed E-state index contributed by atoms with van der Waals surface area (Å²) in [5.74, 6) is 1.46. The van der Waals surface area contributed by atoms with Crippen molar-refractivity contribution in [3.05, 3.63) is 175 Å². The summed E-state index contributed by atoms with van der Waals surface area (Å²) in [6, 6.07) is 55.1. The van der Waals surface area contributed by atoms with Gasteiger partial charge < -0.3 is 14.0 Å². The number of nitrogens with zero attached hydrogens (tertiary/aromatic N) is 4. The molecule has 6 aromatic carbocycles. The number of fused-ring (bicyclic) bond motifs is 7. The molecule has 10 aromatic rings. The van der Waals surface area contributed by atoms with Gasteiger partial charge in [0.1, 0.15) is 0 Å². The molecule has 1 radical (unpaired) electrons. The Bertz CT molecular complexity index is 3240. The Morgan fingerprint density at radius 2 is 1.46 bits per heavy atom. The van der Waals surface area contributed by atoms with Crippen LogP contribution in [-0.2, 0) is 39.4 Å². The Morgan fingerprint density at radius 3 is 2.24 bits per heavy atom. The molecule has 4 heterocycles. The molecule has 1 aliphatic rings. The van der Waals surface area contributed by atoms with Gasteiger partial charge in [-0.1, -0.05) is 154 Å². The maximum atomic E-state index is 6.48. The van der Waals surface area contributed by atoms with Crippen molar-refractivity contribution in [2.45, 2.75) is 65.6 Å². The Labute approximate surface area is 384 Å². The first-order chi connectivity index (χ1) is 30.2. The maximum Gasteiger partial charge on any atom is 0.216 e. The van der Waals surface area contributed by atoms with Gasteiger partial charge in [0.2, 0.25) is 5.71 Å². The van der Waals surface area contributed by atoms with Crippen molar-refractivity contribution < 1.29 is 24.5 Å². The molecule has 1 aliphatic carbocycles. The summed E-state index contributed by atoms with van der Waals surface area (Å²) in [6.45, 7) is 11.9. The number of imidazole rings is 1. The number of furan rings is 1. The number of para-hydroxylation sites is 1. The zero-order chi connectivity index (χ0) is 42.4. The van der Waals surface area contributed by atoms with E-state index in [1.807, 2.05) is 42.5 Å². The molecule has 0 aliphatic heterocycles. The topological polar surface area (TPSA) is 56.7 Å². The Balaban J connectivity index is 0.000000175. The van der Waals surface area contributed by atoms with Crippen molar-refractivity contribution in [1.29, 1.82) is 0 Å². The van der Waals surface area contributed by atoms with Crippen LogP contribution >= 0.6 is 0 Å². The second-order valence-electron chi connectivity index (χ2n) is 18.1. The second-order valence-corrected chi connectivity index (χ2v) is 23.1. The number of rotatable bonds is 7. The van der Waals surface area contributed by atoms with E-state index in [4.69, 9.17) is 19.4 Å². The number of benzene rings is 6. The standard InChI is InChI=1S/C34H20N3O.C22H30NSi.Ir/c1-3-11-23(12-4-1)29-21-19-27-26-16-9-17-28(32(26)38-34(27)36-29)33-35-30-20-18-22-10-7-8-15-25(22)31(30)37(33)24-13-5-2-6-14-24;1-16(2)12-20-14-21(23-15-22(20)24(3,4)5)19-11-10-17-8-6-7-9-18(17)13-19;/h1-16,18-21H;10,13-16H,6-9,12H2,1-5H3;/q2*-1;. The van der Waals surface area contributed by atoms with Crippen LogP contribution in [-0.4, -0.2) is 27.6 Å². The normalized spacial score (nSPS) is 12.7. The minimum absolute atomic E-state index is 0. The monoisotopic (exact) mass is 1020 g/mol. The zero-order valence-corrected chi connectivity index (χ0v) is 39.9. The van der Waals surface area contributed by atoms with Gasteiger partial charge in [0.15, 0.2) is 0 Å². The molecule has 63 heavy (non-hydrogen) atoms. The third-order valence-electron chi connectivity index (χ3n) is 12.1. The predicted molar refractivity (Wildman–Crippen MR) is 260 cm³/mol. The van der Waals surface area contributed by atoms with Crippen molar-refractivity contribution in [1.82, 2.24) is 19.5 Å². The van der Waals surface area contributed by atoms with E-state index in [0.717, 1.165) is 73.2 Å². The average molecular weight is 1020 g/mol. The first-order valence-electron chi connectivity index (χ1n) is 22.0. The molecule has 5 nitrogen and oxygen atoms in total. The third kappa shape index (κ3) is 8.34. The molecular formula is C56H50IrN4OSi-2. The van der Waals surface area contributed by atoms with Gasteiger partial charge >= 0.3 is 0 Å². The maximum absolute atomic E-state index is 6.48. The summed E-state index contributed by atoms with van der Waals surface area (Å²) in [7, 11) is -1.36. The molecule has 315 valence electrons. The molecule has 7 heteroatoms. The molecule has 0 N–H and O–H groups in total. The first-order valence-corrected chi connectivity index (χ1v) is 25.5. The van der Waals surface area contributed by atoms with Gasteiger partial charge in [-0.25, -0.2) is 4.98 Å². The fraction of sp³-hybridized carbons (Fsp3) is 0.196. The van der Waals surface area contributed by atoms with Gasteiger partial charge in [0.25, 0.3) is 0 Å². The van der Waals surface area contributed by atoms with Crippen LogP contribution in [0, 0.1) is 18.1 Å². The van der Waals surface area contributed by atoms with Crippen LogP contribution in [0.2, 0.25) is 19.6 Å². The summed E-state index contributed by atoms with van der Waals surface area (Å²) in [4.78, 5) is 14.9. The largest absolute Gasteiger partial charge is 0.486 e. The van der Waals surface area contributed by atoms with Crippen molar-refractivity contribution in [2.24, 2.45) is 5.92 Å². The van der Waals surface area contributed by atoms with Crippen molar-refractivity contribution >= 4 is 57.1 Å². The minimum Gasteiger partial charge on any atom is -0.486 e. The fourth-order valence-corrected chi connectivity index (χ4v) is 10.7. The molecule has 0 saturated heterocycles. The van der Waals surface area contributed by atoms with Crippen LogP contribution in [0.4, 0.5) is 0 Å². The van der Waals surface area contributed by atoms with Crippen LogP contribution in [0.5, 0.6) is 0 Å². The van der Waals surface area contributed by atoms with E-state index in [9.17, 15) is 0 Å². The molecule has 4 aromatic heterocycles. The van der Waals surface area contributed by atoms with Gasteiger partial charge in [0, 0.05) is 48.3 Å². The van der Waals surface area contributed by atoms with Crippen molar-refractivity contribution in [2.75, 3.05) is 0 Å². The van der Waals surface area contributed by atoms with Crippen LogP contribution < -0.4 is 5.19 Å². The molecule has 0 spiro atoms. The van der Waals surface area contributed by atoms with E-state index < -0.39 is 8.07 Å². The van der Waals surface area contributed by atoms with Crippen LogP contribution in [0.3, 0.4) is 0 Å². The number of hydrogen-bond donors (Lipinski definition) is 0. The molecular weight excluding hydrogens is 965 g/mol.